The molecule has 3 rings (SSSR count). The molecule has 0 aliphatic carbocycles. The van der Waals surface area contributed by atoms with Crippen molar-refractivity contribution in [2.75, 3.05) is 26.9 Å². The molecular weight excluding hydrogens is 388 g/mol. The number of esters is 1. The van der Waals surface area contributed by atoms with Gasteiger partial charge in [0.05, 0.1) is 30.8 Å². The molecule has 2 heterocycles. The van der Waals surface area contributed by atoms with E-state index in [1.165, 1.54) is 0 Å². The number of aryl methyl sites for hydroxylation is 1. The molecule has 27 heavy (non-hydrogen) atoms. The lowest BCUT2D eigenvalue weighted by Crippen LogP contribution is -2.43. The average molecular weight is 403 g/mol. The van der Waals surface area contributed by atoms with Crippen LogP contribution < -0.4 is 0 Å². The zero-order valence-electron chi connectivity index (χ0n) is 14.3. The number of methoxy groups -OCH3 is 1. The summed E-state index contributed by atoms with van der Waals surface area (Å²) in [5.41, 5.74) is -0.825. The lowest BCUT2D eigenvalue weighted by Gasteiger charge is -2.32. The maximum atomic E-state index is 13.9. The Morgan fingerprint density at radius 1 is 1.37 bits per heavy atom. The van der Waals surface area contributed by atoms with Crippen molar-refractivity contribution in [1.82, 2.24) is 14.4 Å². The summed E-state index contributed by atoms with van der Waals surface area (Å²) >= 11 is 0. The van der Waals surface area contributed by atoms with E-state index in [4.69, 9.17) is 9.26 Å². The molecule has 0 spiro atoms. The first-order valence-corrected chi connectivity index (χ1v) is 9.17. The molecule has 1 aromatic carbocycles. The molecular formula is C15H15F2N3O6S. The minimum Gasteiger partial charge on any atom is -0.465 e. The van der Waals surface area contributed by atoms with Gasteiger partial charge in [-0.15, -0.1) is 0 Å². The van der Waals surface area contributed by atoms with Gasteiger partial charge in [-0.2, -0.15) is 9.29 Å². The molecule has 1 aliphatic heterocycles. The summed E-state index contributed by atoms with van der Waals surface area (Å²) < 4.78 is 69.5. The van der Waals surface area contributed by atoms with E-state index < -0.39 is 44.1 Å². The van der Waals surface area contributed by atoms with E-state index in [-0.39, 0.29) is 25.6 Å². The van der Waals surface area contributed by atoms with Gasteiger partial charge < -0.3 is 14.0 Å². The predicted molar refractivity (Wildman–Crippen MR) is 84.2 cm³/mol. The summed E-state index contributed by atoms with van der Waals surface area (Å²) in [6.07, 6.45) is 0. The molecule has 1 aliphatic rings. The summed E-state index contributed by atoms with van der Waals surface area (Å²) in [5.74, 6) is -3.88. The van der Waals surface area contributed by atoms with Crippen LogP contribution in [0.5, 0.6) is 0 Å². The molecule has 0 unspecified atom stereocenters. The lowest BCUT2D eigenvalue weighted by atomic mass is 10.2. The van der Waals surface area contributed by atoms with Crippen molar-refractivity contribution in [3.05, 3.63) is 41.0 Å². The number of hydrogen-bond donors (Lipinski definition) is 0. The number of benzene rings is 1. The number of sulfonamides is 1. The minimum absolute atomic E-state index is 0.00606. The third-order valence-electron chi connectivity index (χ3n) is 3.92. The summed E-state index contributed by atoms with van der Waals surface area (Å²) in [4.78, 5) is 15.0. The fourth-order valence-electron chi connectivity index (χ4n) is 2.63. The van der Waals surface area contributed by atoms with Crippen LogP contribution in [0.4, 0.5) is 8.78 Å². The maximum absolute atomic E-state index is 13.9. The summed E-state index contributed by atoms with van der Waals surface area (Å²) in [6, 6.07) is 0.285. The van der Waals surface area contributed by atoms with Gasteiger partial charge in [-0.1, -0.05) is 5.16 Å². The number of carbonyl (C=O) groups is 1. The Hall–Kier alpha value is -2.44. The first-order chi connectivity index (χ1) is 12.8. The highest BCUT2D eigenvalue weighted by molar-refractivity contribution is 7.89. The van der Waals surface area contributed by atoms with Gasteiger partial charge in [0.15, 0.2) is 17.5 Å². The number of aromatic nitrogens is 2. The van der Waals surface area contributed by atoms with Gasteiger partial charge in [-0.05, 0) is 19.1 Å². The van der Waals surface area contributed by atoms with Crippen molar-refractivity contribution in [1.29, 1.82) is 0 Å². The molecule has 146 valence electrons. The van der Waals surface area contributed by atoms with Crippen LogP contribution in [0.15, 0.2) is 21.6 Å². The van der Waals surface area contributed by atoms with Gasteiger partial charge in [0.25, 0.3) is 0 Å². The molecule has 2 aromatic rings. The van der Waals surface area contributed by atoms with Gasteiger partial charge >= 0.3 is 5.97 Å². The van der Waals surface area contributed by atoms with Crippen LogP contribution in [-0.2, 0) is 19.5 Å². The molecule has 0 amide bonds. The molecule has 1 aromatic heterocycles. The van der Waals surface area contributed by atoms with Gasteiger partial charge in [0, 0.05) is 6.54 Å². The van der Waals surface area contributed by atoms with E-state index in [1.807, 2.05) is 0 Å². The second kappa shape index (κ2) is 7.29. The van der Waals surface area contributed by atoms with Crippen molar-refractivity contribution in [3.63, 3.8) is 0 Å². The SMILES string of the molecule is COC(=O)c1cc(S(=O)(=O)N2CCOC[C@@H]2c2nc(C)no2)cc(F)c1F. The molecule has 12 heteroatoms. The largest absolute Gasteiger partial charge is 0.465 e. The molecule has 1 saturated heterocycles. The Bertz CT molecular complexity index is 978. The summed E-state index contributed by atoms with van der Waals surface area (Å²) in [5, 5.41) is 3.62. The van der Waals surface area contributed by atoms with Crippen molar-refractivity contribution < 1.29 is 36.0 Å². The van der Waals surface area contributed by atoms with Gasteiger partial charge in [-0.25, -0.2) is 22.0 Å². The van der Waals surface area contributed by atoms with E-state index >= 15 is 0 Å². The molecule has 0 bridgehead atoms. The number of hydrogen-bond acceptors (Lipinski definition) is 8. The van der Waals surface area contributed by atoms with E-state index in [9.17, 15) is 22.0 Å². The third-order valence-corrected chi connectivity index (χ3v) is 5.81. The number of ether oxygens (including phenoxy) is 2. The Morgan fingerprint density at radius 2 is 2.11 bits per heavy atom. The van der Waals surface area contributed by atoms with Crippen molar-refractivity contribution in [3.8, 4) is 0 Å². The van der Waals surface area contributed by atoms with Crippen LogP contribution in [0, 0.1) is 18.6 Å². The molecule has 0 N–H and O–H groups in total. The van der Waals surface area contributed by atoms with Gasteiger partial charge in [-0.3, -0.25) is 0 Å². The topological polar surface area (TPSA) is 112 Å². The zero-order chi connectivity index (χ0) is 19.8. The lowest BCUT2D eigenvalue weighted by molar-refractivity contribution is 0.0203. The Morgan fingerprint density at radius 3 is 2.74 bits per heavy atom. The second-order valence-corrected chi connectivity index (χ2v) is 7.54. The second-order valence-electron chi connectivity index (χ2n) is 5.64. The Balaban J connectivity index is 2.06. The Labute approximate surface area is 152 Å². The maximum Gasteiger partial charge on any atom is 0.341 e. The smallest absolute Gasteiger partial charge is 0.341 e. The summed E-state index contributed by atoms with van der Waals surface area (Å²) in [6.45, 7) is 1.50. The molecule has 1 atom stereocenters. The van der Waals surface area contributed by atoms with E-state index in [2.05, 4.69) is 14.9 Å². The van der Waals surface area contributed by atoms with Crippen molar-refractivity contribution in [2.24, 2.45) is 0 Å². The number of morpholine rings is 1. The molecule has 1 fully saturated rings. The molecule has 9 nitrogen and oxygen atoms in total. The number of rotatable bonds is 4. The van der Waals surface area contributed by atoms with E-state index in [0.717, 1.165) is 17.5 Å². The highest BCUT2D eigenvalue weighted by Gasteiger charge is 2.39. The fraction of sp³-hybridized carbons (Fsp3) is 0.400. The Kier molecular flexibility index (Phi) is 5.22. The van der Waals surface area contributed by atoms with E-state index in [0.29, 0.717) is 11.9 Å². The van der Waals surface area contributed by atoms with E-state index in [1.54, 1.807) is 6.92 Å². The summed E-state index contributed by atoms with van der Waals surface area (Å²) in [7, 11) is -3.37. The number of carbonyl (C=O) groups excluding carboxylic acids is 1. The third kappa shape index (κ3) is 3.55. The van der Waals surface area contributed by atoms with Crippen molar-refractivity contribution >= 4 is 16.0 Å². The fourth-order valence-corrected chi connectivity index (χ4v) is 4.22. The van der Waals surface area contributed by atoms with Crippen LogP contribution >= 0.6 is 0 Å². The highest BCUT2D eigenvalue weighted by atomic mass is 32.2. The molecule has 0 saturated carbocycles. The van der Waals surface area contributed by atoms with Gasteiger partial charge in [0.1, 0.15) is 6.04 Å². The standard InChI is InChI=1S/C15H15F2N3O6S/c1-8-18-14(26-19-8)12-7-25-4-3-20(12)27(22,23)9-5-10(15(21)24-2)13(17)11(16)6-9/h5-6,12H,3-4,7H2,1-2H3/t12-/m1/s1. The van der Waals surface area contributed by atoms with Crippen LogP contribution in [-0.4, -0.2) is 55.7 Å². The monoisotopic (exact) mass is 403 g/mol. The van der Waals surface area contributed by atoms with Crippen LogP contribution in [0.1, 0.15) is 28.1 Å². The first-order valence-electron chi connectivity index (χ1n) is 7.73. The van der Waals surface area contributed by atoms with Gasteiger partial charge in [0.2, 0.25) is 15.9 Å². The van der Waals surface area contributed by atoms with Crippen molar-refractivity contribution in [2.45, 2.75) is 17.9 Å². The number of nitrogens with zero attached hydrogens (tertiary/aromatic N) is 3. The first kappa shape index (κ1) is 19.3. The predicted octanol–water partition coefficient (Wildman–Crippen LogP) is 1.21. The van der Waals surface area contributed by atoms with Crippen LogP contribution in [0.25, 0.3) is 0 Å². The minimum atomic E-state index is -4.34. The van der Waals surface area contributed by atoms with Crippen LogP contribution in [0.3, 0.4) is 0 Å². The average Bonchev–Trinajstić information content (AvgIpc) is 3.09. The number of halogens is 2. The van der Waals surface area contributed by atoms with Crippen LogP contribution in [0.2, 0.25) is 0 Å². The highest BCUT2D eigenvalue weighted by Crippen LogP contribution is 2.31. The normalized spacial score (nSPS) is 18.4. The molecule has 0 radical (unpaired) electrons. The quantitative estimate of drug-likeness (QED) is 0.700. The zero-order valence-corrected chi connectivity index (χ0v) is 15.1.